The standard InChI is InChI=1S/C10H15NO4/c1-9(2,3)15-7(12)5-10(4,6-11)8(13)14/h5H2,1-4H3,(H,13,14)/t10-/m1/s1. The zero-order valence-corrected chi connectivity index (χ0v) is 9.33. The molecule has 1 N–H and O–H groups in total. The molecule has 0 aromatic rings. The van der Waals surface area contributed by atoms with E-state index in [2.05, 4.69) is 0 Å². The van der Waals surface area contributed by atoms with Crippen molar-refractivity contribution in [2.24, 2.45) is 5.41 Å². The van der Waals surface area contributed by atoms with Crippen LogP contribution in [0.15, 0.2) is 0 Å². The Labute approximate surface area is 88.6 Å². The van der Waals surface area contributed by atoms with Crippen LogP contribution >= 0.6 is 0 Å². The zero-order chi connectivity index (χ0) is 12.3. The van der Waals surface area contributed by atoms with Crippen molar-refractivity contribution < 1.29 is 19.4 Å². The number of rotatable bonds is 3. The van der Waals surface area contributed by atoms with Gasteiger partial charge in [-0.15, -0.1) is 0 Å². The van der Waals surface area contributed by atoms with Crippen LogP contribution in [0.1, 0.15) is 34.1 Å². The van der Waals surface area contributed by atoms with E-state index in [1.165, 1.54) is 6.92 Å². The second-order valence-electron chi connectivity index (χ2n) is 4.51. The molecule has 0 spiro atoms. The second-order valence-corrected chi connectivity index (χ2v) is 4.51. The summed E-state index contributed by atoms with van der Waals surface area (Å²) in [6.07, 6.45) is -0.448. The minimum atomic E-state index is -1.72. The van der Waals surface area contributed by atoms with Gasteiger partial charge in [0, 0.05) is 0 Å². The smallest absolute Gasteiger partial charge is 0.324 e. The minimum Gasteiger partial charge on any atom is -0.480 e. The highest BCUT2D eigenvalue weighted by molar-refractivity contribution is 5.84. The first-order valence-electron chi connectivity index (χ1n) is 4.47. The molecule has 0 saturated heterocycles. The fraction of sp³-hybridized carbons (Fsp3) is 0.700. The first kappa shape index (κ1) is 13.4. The molecule has 0 aromatic heterocycles. The Morgan fingerprint density at radius 2 is 1.80 bits per heavy atom. The van der Waals surface area contributed by atoms with Gasteiger partial charge in [0.25, 0.3) is 0 Å². The number of esters is 1. The van der Waals surface area contributed by atoms with E-state index in [0.29, 0.717) is 0 Å². The van der Waals surface area contributed by atoms with E-state index in [1.54, 1.807) is 26.8 Å². The van der Waals surface area contributed by atoms with E-state index in [4.69, 9.17) is 15.1 Å². The maximum atomic E-state index is 11.3. The molecule has 5 heteroatoms. The molecule has 0 heterocycles. The lowest BCUT2D eigenvalue weighted by molar-refractivity contribution is -0.161. The summed E-state index contributed by atoms with van der Waals surface area (Å²) >= 11 is 0. The van der Waals surface area contributed by atoms with Crippen LogP contribution in [-0.4, -0.2) is 22.6 Å². The second kappa shape index (κ2) is 4.30. The third-order valence-corrected chi connectivity index (χ3v) is 1.64. The largest absolute Gasteiger partial charge is 0.480 e. The molecule has 0 saturated carbocycles. The number of carbonyl (C=O) groups excluding carboxylic acids is 1. The quantitative estimate of drug-likeness (QED) is 0.714. The average Bonchev–Trinajstić information content (AvgIpc) is 1.99. The first-order chi connectivity index (χ1) is 6.60. The summed E-state index contributed by atoms with van der Waals surface area (Å²) in [6.45, 7) is 6.22. The highest BCUT2D eigenvalue weighted by Crippen LogP contribution is 2.22. The van der Waals surface area contributed by atoms with Crippen molar-refractivity contribution in [3.05, 3.63) is 0 Å². The number of hydrogen-bond acceptors (Lipinski definition) is 4. The number of aliphatic carboxylic acids is 1. The third kappa shape index (κ3) is 4.45. The van der Waals surface area contributed by atoms with E-state index in [-0.39, 0.29) is 0 Å². The number of ether oxygens (including phenoxy) is 1. The van der Waals surface area contributed by atoms with Gasteiger partial charge in [0.1, 0.15) is 5.60 Å². The van der Waals surface area contributed by atoms with Gasteiger partial charge in [-0.1, -0.05) is 0 Å². The molecule has 0 aliphatic carbocycles. The highest BCUT2D eigenvalue weighted by Gasteiger charge is 2.37. The fourth-order valence-electron chi connectivity index (χ4n) is 0.829. The Morgan fingerprint density at radius 3 is 2.07 bits per heavy atom. The molecule has 0 aromatic carbocycles. The molecule has 0 aliphatic rings. The Kier molecular flexibility index (Phi) is 3.85. The third-order valence-electron chi connectivity index (χ3n) is 1.64. The lowest BCUT2D eigenvalue weighted by Crippen LogP contribution is -2.32. The molecule has 1 atom stereocenters. The SMILES string of the molecule is CC(C)(C)OC(=O)C[C@](C)(C#N)C(=O)O. The van der Waals surface area contributed by atoms with Crippen molar-refractivity contribution in [2.75, 3.05) is 0 Å². The summed E-state index contributed by atoms with van der Waals surface area (Å²) in [4.78, 5) is 22.0. The van der Waals surface area contributed by atoms with E-state index < -0.39 is 29.4 Å². The molecule has 0 radical (unpaired) electrons. The summed E-state index contributed by atoms with van der Waals surface area (Å²) in [6, 6.07) is 1.59. The lowest BCUT2D eigenvalue weighted by Gasteiger charge is -2.22. The summed E-state index contributed by atoms with van der Waals surface area (Å²) in [5, 5.41) is 17.4. The number of nitrogens with zero attached hydrogens (tertiary/aromatic N) is 1. The summed E-state index contributed by atoms with van der Waals surface area (Å²) < 4.78 is 4.93. The van der Waals surface area contributed by atoms with Gasteiger partial charge in [0.2, 0.25) is 0 Å². The molecular weight excluding hydrogens is 198 g/mol. The maximum Gasteiger partial charge on any atom is 0.324 e. The van der Waals surface area contributed by atoms with Crippen LogP contribution in [-0.2, 0) is 14.3 Å². The van der Waals surface area contributed by atoms with Crippen LogP contribution in [0.2, 0.25) is 0 Å². The molecular formula is C10H15NO4. The van der Waals surface area contributed by atoms with Gasteiger partial charge in [0.05, 0.1) is 12.5 Å². The Hall–Kier alpha value is -1.57. The van der Waals surface area contributed by atoms with Crippen LogP contribution in [0.3, 0.4) is 0 Å². The predicted molar refractivity (Wildman–Crippen MR) is 51.8 cm³/mol. The van der Waals surface area contributed by atoms with Gasteiger partial charge in [0.15, 0.2) is 5.41 Å². The highest BCUT2D eigenvalue weighted by atomic mass is 16.6. The van der Waals surface area contributed by atoms with Gasteiger partial charge in [-0.25, -0.2) is 0 Å². The Morgan fingerprint density at radius 1 is 1.33 bits per heavy atom. The molecule has 84 valence electrons. The molecule has 0 aliphatic heterocycles. The Bertz CT molecular complexity index is 310. The van der Waals surface area contributed by atoms with Crippen molar-refractivity contribution >= 4 is 11.9 Å². The summed E-state index contributed by atoms with van der Waals surface area (Å²) in [7, 11) is 0. The van der Waals surface area contributed by atoms with Gasteiger partial charge in [-0.3, -0.25) is 9.59 Å². The first-order valence-corrected chi connectivity index (χ1v) is 4.47. The van der Waals surface area contributed by atoms with Gasteiger partial charge < -0.3 is 9.84 Å². The van der Waals surface area contributed by atoms with Crippen LogP contribution in [0.25, 0.3) is 0 Å². The monoisotopic (exact) mass is 213 g/mol. The van der Waals surface area contributed by atoms with Gasteiger partial charge >= 0.3 is 11.9 Å². The molecule has 5 nitrogen and oxygen atoms in total. The average molecular weight is 213 g/mol. The van der Waals surface area contributed by atoms with Crippen LogP contribution in [0, 0.1) is 16.7 Å². The summed E-state index contributed by atoms with van der Waals surface area (Å²) in [5.74, 6) is -2.01. The molecule has 0 bridgehead atoms. The van der Waals surface area contributed by atoms with Gasteiger partial charge in [-0.2, -0.15) is 5.26 Å². The molecule has 0 unspecified atom stereocenters. The molecule has 0 amide bonds. The van der Waals surface area contributed by atoms with E-state index >= 15 is 0 Å². The number of hydrogen-bond donors (Lipinski definition) is 1. The fourth-order valence-corrected chi connectivity index (χ4v) is 0.829. The topological polar surface area (TPSA) is 87.4 Å². The van der Waals surface area contributed by atoms with Crippen molar-refractivity contribution in [1.29, 1.82) is 5.26 Å². The molecule has 15 heavy (non-hydrogen) atoms. The van der Waals surface area contributed by atoms with Crippen molar-refractivity contribution in [2.45, 2.75) is 39.7 Å². The van der Waals surface area contributed by atoms with Crippen LogP contribution in [0.4, 0.5) is 0 Å². The molecule has 0 fully saturated rings. The van der Waals surface area contributed by atoms with E-state index in [9.17, 15) is 9.59 Å². The maximum absolute atomic E-state index is 11.3. The normalized spacial score (nSPS) is 14.9. The number of carboxylic acids is 1. The number of carbonyl (C=O) groups is 2. The van der Waals surface area contributed by atoms with Crippen molar-refractivity contribution in [1.82, 2.24) is 0 Å². The van der Waals surface area contributed by atoms with Crippen molar-refractivity contribution in [3.63, 3.8) is 0 Å². The summed E-state index contributed by atoms with van der Waals surface area (Å²) in [5.41, 5.74) is -2.39. The zero-order valence-electron chi connectivity index (χ0n) is 9.33. The van der Waals surface area contributed by atoms with Crippen molar-refractivity contribution in [3.8, 4) is 6.07 Å². The van der Waals surface area contributed by atoms with E-state index in [0.717, 1.165) is 0 Å². The minimum absolute atomic E-state index is 0.448. The Balaban J connectivity index is 4.55. The molecule has 0 rings (SSSR count). The van der Waals surface area contributed by atoms with E-state index in [1.807, 2.05) is 0 Å². The van der Waals surface area contributed by atoms with Gasteiger partial charge in [-0.05, 0) is 27.7 Å². The lowest BCUT2D eigenvalue weighted by atomic mass is 9.89. The number of nitriles is 1. The number of carboxylic acid groups (broad SMARTS) is 1. The predicted octanol–water partition coefficient (Wildman–Crippen LogP) is 1.33. The van der Waals surface area contributed by atoms with Crippen LogP contribution in [0.5, 0.6) is 0 Å². The van der Waals surface area contributed by atoms with Crippen LogP contribution < -0.4 is 0 Å².